The molecule has 3 heteroatoms. The quantitative estimate of drug-likeness (QED) is 0.814. The number of halogens is 1. The summed E-state index contributed by atoms with van der Waals surface area (Å²) in [5, 5.41) is 0.718. The molecule has 0 bridgehead atoms. The van der Waals surface area contributed by atoms with Gasteiger partial charge in [0.1, 0.15) is 11.9 Å². The molecule has 0 fully saturated rings. The van der Waals surface area contributed by atoms with Gasteiger partial charge in [-0.05, 0) is 37.1 Å². The van der Waals surface area contributed by atoms with Crippen LogP contribution in [-0.2, 0) is 12.8 Å². The van der Waals surface area contributed by atoms with Crippen LogP contribution in [0.4, 0.5) is 0 Å². The van der Waals surface area contributed by atoms with E-state index in [1.807, 2.05) is 6.07 Å². The normalized spacial score (nSPS) is 19.2. The van der Waals surface area contributed by atoms with E-state index in [9.17, 15) is 0 Å². The zero-order valence-electron chi connectivity index (χ0n) is 8.22. The SMILES string of the molecule is CC1Cc2cc(CCN)cc(Cl)c2O1. The van der Waals surface area contributed by atoms with E-state index in [1.165, 1.54) is 11.1 Å². The number of fused-ring (bicyclic) bond motifs is 1. The third-order valence-corrected chi connectivity index (χ3v) is 2.72. The van der Waals surface area contributed by atoms with Crippen molar-refractivity contribution in [2.45, 2.75) is 25.9 Å². The number of benzene rings is 1. The van der Waals surface area contributed by atoms with Gasteiger partial charge in [-0.15, -0.1) is 0 Å². The van der Waals surface area contributed by atoms with Gasteiger partial charge >= 0.3 is 0 Å². The van der Waals surface area contributed by atoms with E-state index in [2.05, 4.69) is 13.0 Å². The lowest BCUT2D eigenvalue weighted by molar-refractivity contribution is 0.255. The van der Waals surface area contributed by atoms with Crippen molar-refractivity contribution in [3.05, 3.63) is 28.3 Å². The molecular weight excluding hydrogens is 198 g/mol. The molecular formula is C11H14ClNO. The Morgan fingerprint density at radius 3 is 3.07 bits per heavy atom. The summed E-state index contributed by atoms with van der Waals surface area (Å²) in [7, 11) is 0. The second-order valence-corrected chi connectivity index (χ2v) is 4.14. The lowest BCUT2D eigenvalue weighted by Crippen LogP contribution is -2.05. The van der Waals surface area contributed by atoms with Crippen LogP contribution in [0.3, 0.4) is 0 Å². The molecule has 1 unspecified atom stereocenters. The van der Waals surface area contributed by atoms with Crippen molar-refractivity contribution in [2.24, 2.45) is 5.73 Å². The Morgan fingerprint density at radius 2 is 2.36 bits per heavy atom. The van der Waals surface area contributed by atoms with Gasteiger partial charge in [0, 0.05) is 6.42 Å². The summed E-state index contributed by atoms with van der Waals surface area (Å²) in [5.41, 5.74) is 7.93. The molecule has 76 valence electrons. The zero-order valence-corrected chi connectivity index (χ0v) is 8.97. The highest BCUT2D eigenvalue weighted by molar-refractivity contribution is 6.32. The summed E-state index contributed by atoms with van der Waals surface area (Å²) in [5.74, 6) is 0.861. The average Bonchev–Trinajstić information content (AvgIpc) is 2.47. The third-order valence-electron chi connectivity index (χ3n) is 2.44. The molecule has 1 heterocycles. The van der Waals surface area contributed by atoms with Crippen LogP contribution < -0.4 is 10.5 Å². The maximum Gasteiger partial charge on any atom is 0.141 e. The van der Waals surface area contributed by atoms with Crippen molar-refractivity contribution >= 4 is 11.6 Å². The Kier molecular flexibility index (Phi) is 2.66. The smallest absolute Gasteiger partial charge is 0.141 e. The summed E-state index contributed by atoms with van der Waals surface area (Å²) in [4.78, 5) is 0. The second-order valence-electron chi connectivity index (χ2n) is 3.74. The Bertz CT molecular complexity index is 351. The van der Waals surface area contributed by atoms with Gasteiger partial charge in [-0.3, -0.25) is 0 Å². The largest absolute Gasteiger partial charge is 0.489 e. The molecule has 2 N–H and O–H groups in total. The van der Waals surface area contributed by atoms with Crippen LogP contribution >= 0.6 is 11.6 Å². The van der Waals surface area contributed by atoms with Crippen molar-refractivity contribution in [3.63, 3.8) is 0 Å². The first kappa shape index (κ1) is 9.81. The van der Waals surface area contributed by atoms with Gasteiger partial charge < -0.3 is 10.5 Å². The lowest BCUT2D eigenvalue weighted by atomic mass is 10.0. The van der Waals surface area contributed by atoms with Crippen LogP contribution in [0.5, 0.6) is 5.75 Å². The molecule has 1 atom stereocenters. The maximum absolute atomic E-state index is 6.11. The molecule has 1 aliphatic heterocycles. The van der Waals surface area contributed by atoms with Gasteiger partial charge in [0.25, 0.3) is 0 Å². The Hall–Kier alpha value is -0.730. The fourth-order valence-corrected chi connectivity index (χ4v) is 2.17. The minimum absolute atomic E-state index is 0.246. The molecule has 0 amide bonds. The monoisotopic (exact) mass is 211 g/mol. The standard InChI is InChI=1S/C11H14ClNO/c1-7-4-9-5-8(2-3-13)6-10(12)11(9)14-7/h5-7H,2-4,13H2,1H3. The van der Waals surface area contributed by atoms with Gasteiger partial charge in [-0.25, -0.2) is 0 Å². The Labute approximate surface area is 89.0 Å². The lowest BCUT2D eigenvalue weighted by Gasteiger charge is -2.06. The predicted octanol–water partition coefficient (Wildman–Crippen LogP) is 2.16. The molecule has 1 aliphatic rings. The molecule has 2 nitrogen and oxygen atoms in total. The van der Waals surface area contributed by atoms with Gasteiger partial charge in [-0.2, -0.15) is 0 Å². The van der Waals surface area contributed by atoms with Crippen LogP contribution in [-0.4, -0.2) is 12.6 Å². The molecule has 1 aromatic rings. The number of ether oxygens (including phenoxy) is 1. The fraction of sp³-hybridized carbons (Fsp3) is 0.455. The number of hydrogen-bond acceptors (Lipinski definition) is 2. The molecule has 0 saturated carbocycles. The first-order chi connectivity index (χ1) is 6.70. The van der Waals surface area contributed by atoms with Crippen LogP contribution in [0.15, 0.2) is 12.1 Å². The van der Waals surface area contributed by atoms with E-state index in [4.69, 9.17) is 22.1 Å². The number of rotatable bonds is 2. The molecule has 0 aromatic heterocycles. The first-order valence-corrected chi connectivity index (χ1v) is 5.26. The maximum atomic E-state index is 6.11. The molecule has 2 rings (SSSR count). The van der Waals surface area contributed by atoms with Crippen LogP contribution in [0.25, 0.3) is 0 Å². The van der Waals surface area contributed by atoms with Crippen LogP contribution in [0, 0.1) is 0 Å². The second kappa shape index (κ2) is 3.79. The summed E-state index contributed by atoms with van der Waals surface area (Å²) in [6.45, 7) is 2.71. The summed E-state index contributed by atoms with van der Waals surface area (Å²) < 4.78 is 5.61. The van der Waals surface area contributed by atoms with E-state index in [0.717, 1.165) is 23.6 Å². The summed E-state index contributed by atoms with van der Waals surface area (Å²) in [6, 6.07) is 4.10. The number of nitrogens with two attached hydrogens (primary N) is 1. The zero-order chi connectivity index (χ0) is 10.1. The topological polar surface area (TPSA) is 35.2 Å². The highest BCUT2D eigenvalue weighted by Crippen LogP contribution is 2.36. The van der Waals surface area contributed by atoms with E-state index in [1.54, 1.807) is 0 Å². The molecule has 14 heavy (non-hydrogen) atoms. The van der Waals surface area contributed by atoms with E-state index >= 15 is 0 Å². The van der Waals surface area contributed by atoms with Crippen LogP contribution in [0.2, 0.25) is 5.02 Å². The Morgan fingerprint density at radius 1 is 1.57 bits per heavy atom. The van der Waals surface area contributed by atoms with Crippen LogP contribution in [0.1, 0.15) is 18.1 Å². The molecule has 0 radical (unpaired) electrons. The van der Waals surface area contributed by atoms with Gasteiger partial charge in [0.2, 0.25) is 0 Å². The van der Waals surface area contributed by atoms with E-state index in [-0.39, 0.29) is 6.10 Å². The first-order valence-electron chi connectivity index (χ1n) is 4.88. The van der Waals surface area contributed by atoms with Crippen molar-refractivity contribution in [2.75, 3.05) is 6.54 Å². The highest BCUT2D eigenvalue weighted by atomic mass is 35.5. The van der Waals surface area contributed by atoms with E-state index < -0.39 is 0 Å². The minimum atomic E-state index is 0.246. The molecule has 1 aromatic carbocycles. The number of hydrogen-bond donors (Lipinski definition) is 1. The average molecular weight is 212 g/mol. The molecule has 0 spiro atoms. The van der Waals surface area contributed by atoms with Crippen molar-refractivity contribution in [1.82, 2.24) is 0 Å². The van der Waals surface area contributed by atoms with Crippen molar-refractivity contribution < 1.29 is 4.74 Å². The predicted molar refractivity (Wildman–Crippen MR) is 58.0 cm³/mol. The van der Waals surface area contributed by atoms with Gasteiger partial charge in [-0.1, -0.05) is 17.7 Å². The summed E-state index contributed by atoms with van der Waals surface area (Å²) >= 11 is 6.11. The third kappa shape index (κ3) is 1.72. The minimum Gasteiger partial charge on any atom is -0.489 e. The van der Waals surface area contributed by atoms with Crippen molar-refractivity contribution in [3.8, 4) is 5.75 Å². The molecule has 0 aliphatic carbocycles. The fourth-order valence-electron chi connectivity index (χ4n) is 1.86. The van der Waals surface area contributed by atoms with Gasteiger partial charge in [0.05, 0.1) is 5.02 Å². The molecule has 0 saturated heterocycles. The highest BCUT2D eigenvalue weighted by Gasteiger charge is 2.22. The summed E-state index contributed by atoms with van der Waals surface area (Å²) in [6.07, 6.45) is 2.07. The Balaban J connectivity index is 2.36. The van der Waals surface area contributed by atoms with E-state index in [0.29, 0.717) is 6.54 Å². The van der Waals surface area contributed by atoms with Gasteiger partial charge in [0.15, 0.2) is 0 Å². The van der Waals surface area contributed by atoms with Crippen molar-refractivity contribution in [1.29, 1.82) is 0 Å².